The molecular formula is C10H18S. The van der Waals surface area contributed by atoms with Crippen LogP contribution in [0.3, 0.4) is 0 Å². The smallest absolute Gasteiger partial charge is 0.0226 e. The van der Waals surface area contributed by atoms with E-state index in [4.69, 9.17) is 0 Å². The van der Waals surface area contributed by atoms with E-state index < -0.39 is 0 Å². The lowest BCUT2D eigenvalue weighted by Crippen LogP contribution is -2.19. The van der Waals surface area contributed by atoms with Crippen LogP contribution >= 0.6 is 12.6 Å². The molecule has 0 radical (unpaired) electrons. The van der Waals surface area contributed by atoms with Crippen molar-refractivity contribution in [2.24, 2.45) is 11.8 Å². The maximum absolute atomic E-state index is 4.54. The van der Waals surface area contributed by atoms with Crippen LogP contribution in [0.15, 0.2) is 11.6 Å². The first-order chi connectivity index (χ1) is 5.11. The summed E-state index contributed by atoms with van der Waals surface area (Å²) in [5.41, 5.74) is 1.46. The van der Waals surface area contributed by atoms with Crippen molar-refractivity contribution < 1.29 is 0 Å². The molecule has 0 aromatic rings. The number of hydrogen-bond donors (Lipinski definition) is 1. The Hall–Kier alpha value is 0.0900. The summed E-state index contributed by atoms with van der Waals surface area (Å²) in [6, 6.07) is 0. The van der Waals surface area contributed by atoms with Gasteiger partial charge in [0.05, 0.1) is 0 Å². The van der Waals surface area contributed by atoms with E-state index in [1.54, 1.807) is 0 Å². The summed E-state index contributed by atoms with van der Waals surface area (Å²) in [6.45, 7) is 6.80. The minimum Gasteiger partial charge on any atom is -0.171 e. The summed E-state index contributed by atoms with van der Waals surface area (Å²) in [6.07, 6.45) is 4.88. The Bertz CT molecular complexity index is 158. The van der Waals surface area contributed by atoms with Crippen molar-refractivity contribution in [3.05, 3.63) is 11.6 Å². The third kappa shape index (κ3) is 2.26. The highest BCUT2D eigenvalue weighted by Gasteiger charge is 2.21. The van der Waals surface area contributed by atoms with E-state index in [-0.39, 0.29) is 0 Å². The summed E-state index contributed by atoms with van der Waals surface area (Å²) in [5.74, 6) is 1.68. The molecule has 0 spiro atoms. The van der Waals surface area contributed by atoms with Crippen molar-refractivity contribution in [1.29, 1.82) is 0 Å². The van der Waals surface area contributed by atoms with Gasteiger partial charge in [0.2, 0.25) is 0 Å². The molecule has 1 heteroatoms. The molecule has 0 bridgehead atoms. The van der Waals surface area contributed by atoms with Gasteiger partial charge in [-0.1, -0.05) is 25.5 Å². The topological polar surface area (TPSA) is 0 Å². The van der Waals surface area contributed by atoms with E-state index in [0.29, 0.717) is 5.25 Å². The Morgan fingerprint density at radius 1 is 1.55 bits per heavy atom. The van der Waals surface area contributed by atoms with Crippen LogP contribution in [0.2, 0.25) is 0 Å². The Labute approximate surface area is 75.5 Å². The molecule has 2 atom stereocenters. The SMILES string of the molecule is CC1=CCC(C(C)C)CC1S. The van der Waals surface area contributed by atoms with Crippen molar-refractivity contribution in [1.82, 2.24) is 0 Å². The molecule has 0 N–H and O–H groups in total. The average Bonchev–Trinajstić information content (AvgIpc) is 1.94. The summed E-state index contributed by atoms with van der Waals surface area (Å²) in [4.78, 5) is 0. The number of allylic oxidation sites excluding steroid dienone is 1. The highest BCUT2D eigenvalue weighted by molar-refractivity contribution is 7.81. The number of thiol groups is 1. The fraction of sp³-hybridized carbons (Fsp3) is 0.800. The molecule has 1 rings (SSSR count). The third-order valence-corrected chi connectivity index (χ3v) is 3.36. The predicted octanol–water partition coefficient (Wildman–Crippen LogP) is 3.30. The fourth-order valence-corrected chi connectivity index (χ4v) is 1.96. The molecule has 0 saturated carbocycles. The van der Waals surface area contributed by atoms with Gasteiger partial charge in [-0.05, 0) is 31.6 Å². The van der Waals surface area contributed by atoms with Gasteiger partial charge in [0.25, 0.3) is 0 Å². The highest BCUT2D eigenvalue weighted by atomic mass is 32.1. The molecule has 11 heavy (non-hydrogen) atoms. The second-order valence-electron chi connectivity index (χ2n) is 3.94. The Balaban J connectivity index is 2.55. The van der Waals surface area contributed by atoms with Crippen LogP contribution < -0.4 is 0 Å². The molecule has 0 fully saturated rings. The van der Waals surface area contributed by atoms with E-state index >= 15 is 0 Å². The lowest BCUT2D eigenvalue weighted by molar-refractivity contribution is 0.355. The first kappa shape index (κ1) is 9.18. The maximum atomic E-state index is 4.54. The van der Waals surface area contributed by atoms with Crippen LogP contribution in [0.5, 0.6) is 0 Å². The first-order valence-corrected chi connectivity index (χ1v) is 4.97. The van der Waals surface area contributed by atoms with Crippen LogP contribution in [-0.2, 0) is 0 Å². The summed E-state index contributed by atoms with van der Waals surface area (Å²) >= 11 is 4.54. The molecule has 64 valence electrons. The van der Waals surface area contributed by atoms with Gasteiger partial charge in [-0.15, -0.1) is 0 Å². The van der Waals surface area contributed by atoms with Crippen molar-refractivity contribution in [2.45, 2.75) is 38.9 Å². The van der Waals surface area contributed by atoms with E-state index in [1.807, 2.05) is 0 Å². The Morgan fingerprint density at radius 2 is 2.18 bits per heavy atom. The molecule has 0 saturated heterocycles. The van der Waals surface area contributed by atoms with Crippen molar-refractivity contribution in [3.8, 4) is 0 Å². The number of hydrogen-bond acceptors (Lipinski definition) is 1. The van der Waals surface area contributed by atoms with Crippen LogP contribution in [0.1, 0.15) is 33.6 Å². The minimum atomic E-state index is 0.524. The van der Waals surface area contributed by atoms with Gasteiger partial charge < -0.3 is 0 Å². The largest absolute Gasteiger partial charge is 0.171 e. The quantitative estimate of drug-likeness (QED) is 0.453. The monoisotopic (exact) mass is 170 g/mol. The molecule has 0 amide bonds. The highest BCUT2D eigenvalue weighted by Crippen LogP contribution is 2.31. The van der Waals surface area contributed by atoms with Crippen LogP contribution in [0, 0.1) is 11.8 Å². The van der Waals surface area contributed by atoms with Gasteiger partial charge in [0.1, 0.15) is 0 Å². The van der Waals surface area contributed by atoms with E-state index in [9.17, 15) is 0 Å². The first-order valence-electron chi connectivity index (χ1n) is 4.46. The summed E-state index contributed by atoms with van der Waals surface area (Å²) in [5, 5.41) is 0.524. The van der Waals surface area contributed by atoms with Crippen molar-refractivity contribution in [3.63, 3.8) is 0 Å². The molecular weight excluding hydrogens is 152 g/mol. The Morgan fingerprint density at radius 3 is 2.64 bits per heavy atom. The minimum absolute atomic E-state index is 0.524. The second-order valence-corrected chi connectivity index (χ2v) is 4.56. The zero-order chi connectivity index (χ0) is 8.43. The lowest BCUT2D eigenvalue weighted by atomic mass is 9.82. The van der Waals surface area contributed by atoms with Gasteiger partial charge in [0, 0.05) is 5.25 Å². The van der Waals surface area contributed by atoms with E-state index in [0.717, 1.165) is 11.8 Å². The Kier molecular flexibility index (Phi) is 3.06. The number of rotatable bonds is 1. The van der Waals surface area contributed by atoms with Gasteiger partial charge in [-0.25, -0.2) is 0 Å². The van der Waals surface area contributed by atoms with Crippen LogP contribution in [-0.4, -0.2) is 5.25 Å². The van der Waals surface area contributed by atoms with E-state index in [2.05, 4.69) is 39.5 Å². The lowest BCUT2D eigenvalue weighted by Gasteiger charge is -2.27. The van der Waals surface area contributed by atoms with E-state index in [1.165, 1.54) is 18.4 Å². The standard InChI is InChI=1S/C10H18S/c1-7(2)9-5-4-8(3)10(11)6-9/h4,7,9-11H,5-6H2,1-3H3. The molecule has 2 unspecified atom stereocenters. The molecule has 1 aliphatic carbocycles. The van der Waals surface area contributed by atoms with Gasteiger partial charge in [-0.3, -0.25) is 0 Å². The van der Waals surface area contributed by atoms with Gasteiger partial charge >= 0.3 is 0 Å². The van der Waals surface area contributed by atoms with Crippen molar-refractivity contribution >= 4 is 12.6 Å². The molecule has 0 heterocycles. The van der Waals surface area contributed by atoms with Gasteiger partial charge in [0.15, 0.2) is 0 Å². The molecule has 0 aromatic carbocycles. The van der Waals surface area contributed by atoms with Crippen LogP contribution in [0.4, 0.5) is 0 Å². The zero-order valence-electron chi connectivity index (χ0n) is 7.67. The van der Waals surface area contributed by atoms with Crippen molar-refractivity contribution in [2.75, 3.05) is 0 Å². The fourth-order valence-electron chi connectivity index (χ4n) is 1.59. The third-order valence-electron chi connectivity index (χ3n) is 2.74. The molecule has 0 nitrogen and oxygen atoms in total. The second kappa shape index (κ2) is 3.66. The summed E-state index contributed by atoms with van der Waals surface area (Å²) in [7, 11) is 0. The van der Waals surface area contributed by atoms with Gasteiger partial charge in [-0.2, -0.15) is 12.6 Å². The normalized spacial score (nSPS) is 32.3. The maximum Gasteiger partial charge on any atom is 0.0226 e. The molecule has 0 aromatic heterocycles. The zero-order valence-corrected chi connectivity index (χ0v) is 8.57. The predicted molar refractivity (Wildman–Crippen MR) is 54.1 cm³/mol. The average molecular weight is 170 g/mol. The summed E-state index contributed by atoms with van der Waals surface area (Å²) < 4.78 is 0. The molecule has 1 aliphatic rings. The van der Waals surface area contributed by atoms with Crippen LogP contribution in [0.25, 0.3) is 0 Å². The molecule has 0 aliphatic heterocycles.